The monoisotopic (exact) mass is 306 g/mol. The van der Waals surface area contributed by atoms with Crippen LogP contribution in [0.3, 0.4) is 0 Å². The van der Waals surface area contributed by atoms with E-state index in [9.17, 15) is 18.3 Å². The average molecular weight is 306 g/mol. The Labute approximate surface area is 119 Å². The average Bonchev–Trinajstić information content (AvgIpc) is 2.44. The Balaban J connectivity index is 2.25. The summed E-state index contributed by atoms with van der Waals surface area (Å²) in [5.41, 5.74) is 5.31. The van der Waals surface area contributed by atoms with Gasteiger partial charge in [0, 0.05) is 25.3 Å². The zero-order valence-electron chi connectivity index (χ0n) is 11.2. The molecule has 118 valence electrons. The molecule has 4 N–H and O–H groups in total. The fourth-order valence-electron chi connectivity index (χ4n) is 2.23. The third-order valence-corrected chi connectivity index (χ3v) is 3.47. The maximum Gasteiger partial charge on any atom is 0.387 e. The summed E-state index contributed by atoms with van der Waals surface area (Å²) in [6, 6.07) is 1.98. The number of nitrogens with two attached hydrogens (primary N) is 1. The second kappa shape index (κ2) is 6.40. The van der Waals surface area contributed by atoms with E-state index in [0.29, 0.717) is 26.1 Å². The second-order valence-corrected chi connectivity index (χ2v) is 4.92. The van der Waals surface area contributed by atoms with Crippen LogP contribution in [0.5, 0.6) is 5.75 Å². The van der Waals surface area contributed by atoms with Gasteiger partial charge in [-0.25, -0.2) is 4.39 Å². The number of rotatable bonds is 5. The van der Waals surface area contributed by atoms with Gasteiger partial charge in [-0.3, -0.25) is 0 Å². The van der Waals surface area contributed by atoms with Gasteiger partial charge in [0.2, 0.25) is 0 Å². The summed E-state index contributed by atoms with van der Waals surface area (Å²) in [5, 5.41) is 12.6. The lowest BCUT2D eigenvalue weighted by atomic mass is 9.90. The number of alkyl halides is 2. The van der Waals surface area contributed by atoms with E-state index < -0.39 is 23.7 Å². The molecule has 1 aliphatic heterocycles. The second-order valence-electron chi connectivity index (χ2n) is 4.92. The molecule has 0 aromatic heterocycles. The molecule has 1 fully saturated rings. The van der Waals surface area contributed by atoms with Gasteiger partial charge >= 0.3 is 6.61 Å². The molecular weight excluding hydrogens is 289 g/mol. The fourth-order valence-corrected chi connectivity index (χ4v) is 2.23. The number of ether oxygens (including phenoxy) is 2. The Kier molecular flexibility index (Phi) is 4.79. The first-order valence-electron chi connectivity index (χ1n) is 6.46. The zero-order chi connectivity index (χ0) is 15.5. The normalized spacial score (nSPS) is 17.8. The molecule has 0 saturated carbocycles. The first-order chi connectivity index (χ1) is 9.96. The van der Waals surface area contributed by atoms with E-state index in [-0.39, 0.29) is 18.0 Å². The van der Waals surface area contributed by atoms with E-state index in [1.807, 2.05) is 0 Å². The summed E-state index contributed by atoms with van der Waals surface area (Å²) in [6.45, 7) is -2.41. The molecule has 0 bridgehead atoms. The minimum atomic E-state index is -3.13. The highest BCUT2D eigenvalue weighted by molar-refractivity contribution is 5.69. The molecule has 1 aliphatic rings. The highest BCUT2D eigenvalue weighted by Gasteiger charge is 2.32. The van der Waals surface area contributed by atoms with Crippen molar-refractivity contribution in [1.29, 1.82) is 0 Å². The van der Waals surface area contributed by atoms with E-state index in [0.717, 1.165) is 12.1 Å². The lowest BCUT2D eigenvalue weighted by Crippen LogP contribution is -2.47. The van der Waals surface area contributed by atoms with Crippen molar-refractivity contribution in [1.82, 2.24) is 0 Å². The van der Waals surface area contributed by atoms with Gasteiger partial charge in [-0.05, 0) is 12.8 Å². The third-order valence-electron chi connectivity index (χ3n) is 3.47. The minimum Gasteiger partial charge on any atom is -0.432 e. The summed E-state index contributed by atoms with van der Waals surface area (Å²) < 4.78 is 47.3. The smallest absolute Gasteiger partial charge is 0.387 e. The van der Waals surface area contributed by atoms with Crippen LogP contribution in [0.2, 0.25) is 0 Å². The first-order valence-corrected chi connectivity index (χ1v) is 6.46. The van der Waals surface area contributed by atoms with Gasteiger partial charge in [0.1, 0.15) is 0 Å². The number of anilines is 2. The Morgan fingerprint density at radius 3 is 2.62 bits per heavy atom. The summed E-state index contributed by atoms with van der Waals surface area (Å²) in [4.78, 5) is 0. The predicted molar refractivity (Wildman–Crippen MR) is 70.9 cm³/mol. The van der Waals surface area contributed by atoms with Crippen LogP contribution >= 0.6 is 0 Å². The van der Waals surface area contributed by atoms with Crippen LogP contribution in [-0.4, -0.2) is 37.1 Å². The number of hydrogen-bond donors (Lipinski definition) is 3. The number of halogens is 3. The molecule has 0 unspecified atom stereocenters. The lowest BCUT2D eigenvalue weighted by Gasteiger charge is -2.37. The van der Waals surface area contributed by atoms with Gasteiger partial charge in [0.05, 0.1) is 23.5 Å². The van der Waals surface area contributed by atoms with Crippen LogP contribution < -0.4 is 15.8 Å². The van der Waals surface area contributed by atoms with Crippen LogP contribution in [0.4, 0.5) is 24.5 Å². The molecule has 1 saturated heterocycles. The van der Waals surface area contributed by atoms with Crippen molar-refractivity contribution in [2.24, 2.45) is 0 Å². The van der Waals surface area contributed by atoms with E-state index in [1.54, 1.807) is 0 Å². The standard InChI is InChI=1S/C13H17F3N2O3/c14-8-5-9(17)10(6-11(8)21-12(15)16)18-13(7-19)1-3-20-4-2-13/h5-6,12,18-19H,1-4,7,17H2. The van der Waals surface area contributed by atoms with Crippen molar-refractivity contribution in [3.05, 3.63) is 17.9 Å². The SMILES string of the molecule is Nc1cc(F)c(OC(F)F)cc1NC1(CO)CCOCC1. The Morgan fingerprint density at radius 2 is 2.05 bits per heavy atom. The van der Waals surface area contributed by atoms with Crippen molar-refractivity contribution in [2.45, 2.75) is 25.0 Å². The van der Waals surface area contributed by atoms with Crippen LogP contribution in [0.1, 0.15) is 12.8 Å². The molecule has 0 spiro atoms. The highest BCUT2D eigenvalue weighted by atomic mass is 19.3. The van der Waals surface area contributed by atoms with Gasteiger partial charge in [0.15, 0.2) is 11.6 Å². The maximum absolute atomic E-state index is 13.5. The summed E-state index contributed by atoms with van der Waals surface area (Å²) in [5.74, 6) is -1.56. The molecule has 0 amide bonds. The van der Waals surface area contributed by atoms with Crippen LogP contribution in [0.25, 0.3) is 0 Å². The maximum atomic E-state index is 13.5. The van der Waals surface area contributed by atoms with Gasteiger partial charge in [0.25, 0.3) is 0 Å². The molecule has 1 aromatic carbocycles. The molecule has 0 aliphatic carbocycles. The summed E-state index contributed by atoms with van der Waals surface area (Å²) >= 11 is 0. The molecule has 21 heavy (non-hydrogen) atoms. The van der Waals surface area contributed by atoms with Crippen molar-refractivity contribution in [2.75, 3.05) is 30.9 Å². The van der Waals surface area contributed by atoms with Crippen molar-refractivity contribution >= 4 is 11.4 Å². The Hall–Kier alpha value is -1.67. The lowest BCUT2D eigenvalue weighted by molar-refractivity contribution is -0.0521. The van der Waals surface area contributed by atoms with Crippen LogP contribution in [0.15, 0.2) is 12.1 Å². The quantitative estimate of drug-likeness (QED) is 0.725. The number of aliphatic hydroxyl groups is 1. The summed E-state index contributed by atoms with van der Waals surface area (Å²) in [6.07, 6.45) is 1.04. The first kappa shape index (κ1) is 15.7. The van der Waals surface area contributed by atoms with Crippen molar-refractivity contribution in [3.63, 3.8) is 0 Å². The molecular formula is C13H17F3N2O3. The molecule has 1 aromatic rings. The molecule has 2 rings (SSSR count). The van der Waals surface area contributed by atoms with Gasteiger partial charge in [-0.2, -0.15) is 8.78 Å². The topological polar surface area (TPSA) is 76.7 Å². The number of nitrogens with one attached hydrogen (secondary N) is 1. The Morgan fingerprint density at radius 1 is 1.38 bits per heavy atom. The van der Waals surface area contributed by atoms with E-state index in [1.165, 1.54) is 0 Å². The molecule has 0 radical (unpaired) electrons. The minimum absolute atomic E-state index is 0.0495. The van der Waals surface area contributed by atoms with E-state index in [2.05, 4.69) is 10.1 Å². The number of nitrogen functional groups attached to an aromatic ring is 1. The van der Waals surface area contributed by atoms with E-state index in [4.69, 9.17) is 10.5 Å². The highest BCUT2D eigenvalue weighted by Crippen LogP contribution is 2.33. The third kappa shape index (κ3) is 3.70. The molecule has 1 heterocycles. The zero-order valence-corrected chi connectivity index (χ0v) is 11.2. The number of benzene rings is 1. The number of aliphatic hydroxyl groups excluding tert-OH is 1. The fraction of sp³-hybridized carbons (Fsp3) is 0.538. The Bertz CT molecular complexity index is 494. The van der Waals surface area contributed by atoms with Crippen molar-refractivity contribution in [3.8, 4) is 5.75 Å². The predicted octanol–water partition coefficient (Wildman–Crippen LogP) is 1.96. The van der Waals surface area contributed by atoms with Crippen LogP contribution in [-0.2, 0) is 4.74 Å². The molecule has 8 heteroatoms. The van der Waals surface area contributed by atoms with Crippen LogP contribution in [0, 0.1) is 5.82 Å². The van der Waals surface area contributed by atoms with Gasteiger partial charge in [-0.15, -0.1) is 0 Å². The van der Waals surface area contributed by atoms with E-state index >= 15 is 0 Å². The number of hydrogen-bond acceptors (Lipinski definition) is 5. The molecule has 0 atom stereocenters. The van der Waals surface area contributed by atoms with Crippen molar-refractivity contribution < 1.29 is 27.8 Å². The largest absolute Gasteiger partial charge is 0.432 e. The molecule has 5 nitrogen and oxygen atoms in total. The summed E-state index contributed by atoms with van der Waals surface area (Å²) in [7, 11) is 0. The van der Waals surface area contributed by atoms with Gasteiger partial charge in [-0.1, -0.05) is 0 Å². The van der Waals surface area contributed by atoms with Gasteiger partial charge < -0.3 is 25.6 Å².